The fraction of sp³-hybridized carbons (Fsp3) is 0.292. The van der Waals surface area contributed by atoms with Crippen LogP contribution in [-0.4, -0.2) is 32.0 Å². The minimum Gasteiger partial charge on any atom is -0.386 e. The minimum atomic E-state index is -0.841. The van der Waals surface area contributed by atoms with E-state index >= 15 is 0 Å². The summed E-state index contributed by atoms with van der Waals surface area (Å²) in [5.41, 5.74) is 9.63. The maximum absolute atomic E-state index is 10.2. The molecule has 0 saturated heterocycles. The number of nitrogens with one attached hydrogen (secondary N) is 2. The smallest absolute Gasteiger partial charge is 0.153 e. The first-order chi connectivity index (χ1) is 14.6. The van der Waals surface area contributed by atoms with Crippen LogP contribution < -0.4 is 11.1 Å². The van der Waals surface area contributed by atoms with Crippen LogP contribution in [0.2, 0.25) is 0 Å². The molecule has 2 aromatic carbocycles. The van der Waals surface area contributed by atoms with Crippen LogP contribution in [0.25, 0.3) is 22.2 Å². The van der Waals surface area contributed by atoms with Gasteiger partial charge < -0.3 is 16.2 Å². The Labute approximate surface area is 181 Å². The number of nitrogens with two attached hydrogens (primary N) is 1. The molecule has 4 rings (SSSR count). The first kappa shape index (κ1) is 20.8. The van der Waals surface area contributed by atoms with E-state index in [0.29, 0.717) is 18.2 Å². The number of rotatable bonds is 6. The Balaban J connectivity index is 1.45. The van der Waals surface area contributed by atoms with Crippen LogP contribution in [0.3, 0.4) is 0 Å². The first-order valence-corrected chi connectivity index (χ1v) is 10.3. The number of aromatic amines is 1. The molecule has 0 atom stereocenters. The van der Waals surface area contributed by atoms with Crippen molar-refractivity contribution in [3.8, 4) is 11.3 Å². The normalized spacial score (nSPS) is 12.3. The number of nitrogens with zero attached hydrogens (tertiary/aromatic N) is 3. The third kappa shape index (κ3) is 4.36. The maximum atomic E-state index is 10.2. The van der Waals surface area contributed by atoms with Crippen LogP contribution in [0.5, 0.6) is 0 Å². The molecule has 0 aliphatic heterocycles. The molecule has 0 spiro atoms. The van der Waals surface area contributed by atoms with E-state index in [2.05, 4.69) is 51.7 Å². The van der Waals surface area contributed by atoms with Gasteiger partial charge in [0, 0.05) is 22.9 Å². The molecule has 0 aliphatic carbocycles. The number of anilines is 2. The van der Waals surface area contributed by atoms with E-state index in [9.17, 15) is 5.11 Å². The molecule has 4 aromatic rings. The van der Waals surface area contributed by atoms with E-state index in [-0.39, 0.29) is 5.41 Å². The van der Waals surface area contributed by atoms with Crippen molar-refractivity contribution in [2.24, 2.45) is 0 Å². The monoisotopic (exact) mass is 416 g/mol. The molecule has 0 aliphatic rings. The van der Waals surface area contributed by atoms with Gasteiger partial charge in [-0.2, -0.15) is 5.10 Å². The molecule has 0 fully saturated rings. The van der Waals surface area contributed by atoms with E-state index in [4.69, 9.17) is 5.73 Å². The highest BCUT2D eigenvalue weighted by Crippen LogP contribution is 2.28. The van der Waals surface area contributed by atoms with Gasteiger partial charge in [0.25, 0.3) is 0 Å². The van der Waals surface area contributed by atoms with Crippen molar-refractivity contribution in [3.63, 3.8) is 0 Å². The summed E-state index contributed by atoms with van der Waals surface area (Å²) < 4.78 is 0. The molecule has 2 aromatic heterocycles. The summed E-state index contributed by atoms with van der Waals surface area (Å²) in [6.45, 7) is 8.62. The van der Waals surface area contributed by atoms with Gasteiger partial charge in [0.15, 0.2) is 5.82 Å². The summed E-state index contributed by atoms with van der Waals surface area (Å²) in [6.07, 6.45) is 0. The van der Waals surface area contributed by atoms with Crippen LogP contribution in [0, 0.1) is 0 Å². The van der Waals surface area contributed by atoms with Gasteiger partial charge >= 0.3 is 0 Å². The SMILES string of the molecule is CC(C)(O)c1ccc(C(C)(C)CNc2ccc(-c3ccc4[nH]nc(N)c4c3)nn2)cc1. The average Bonchev–Trinajstić information content (AvgIpc) is 3.12. The number of benzene rings is 2. The molecule has 7 heteroatoms. The first-order valence-electron chi connectivity index (χ1n) is 10.3. The quantitative estimate of drug-likeness (QED) is 0.374. The second kappa shape index (κ2) is 7.67. The number of hydrogen-bond acceptors (Lipinski definition) is 6. The minimum absolute atomic E-state index is 0.123. The predicted octanol–water partition coefficient (Wildman–Crippen LogP) is 4.22. The zero-order valence-electron chi connectivity index (χ0n) is 18.3. The van der Waals surface area contributed by atoms with Crippen molar-refractivity contribution < 1.29 is 5.11 Å². The van der Waals surface area contributed by atoms with Gasteiger partial charge in [-0.05, 0) is 49.2 Å². The topological polar surface area (TPSA) is 113 Å². The summed E-state index contributed by atoms with van der Waals surface area (Å²) in [6, 6.07) is 17.8. The van der Waals surface area contributed by atoms with Gasteiger partial charge in [-0.3, -0.25) is 5.10 Å². The number of aliphatic hydroxyl groups is 1. The number of aromatic nitrogens is 4. The molecule has 0 radical (unpaired) electrons. The Morgan fingerprint density at radius 3 is 2.29 bits per heavy atom. The predicted molar refractivity (Wildman–Crippen MR) is 125 cm³/mol. The van der Waals surface area contributed by atoms with Crippen LogP contribution in [-0.2, 0) is 11.0 Å². The highest BCUT2D eigenvalue weighted by Gasteiger charge is 2.22. The molecule has 5 N–H and O–H groups in total. The third-order valence-corrected chi connectivity index (χ3v) is 5.64. The number of H-pyrrole nitrogens is 1. The standard InChI is InChI=1S/C24H28N6O/c1-23(2,16-6-8-17(9-7-16)24(3,4)31)14-26-21-12-11-19(27-29-21)15-5-10-20-18(13-15)22(25)30-28-20/h5-13,31H,14H2,1-4H3,(H,26,29)(H3,25,28,30). The molecule has 0 saturated carbocycles. The van der Waals surface area contributed by atoms with Crippen molar-refractivity contribution >= 4 is 22.5 Å². The van der Waals surface area contributed by atoms with Gasteiger partial charge in [0.1, 0.15) is 5.82 Å². The number of hydrogen-bond donors (Lipinski definition) is 4. The lowest BCUT2D eigenvalue weighted by Gasteiger charge is -2.27. The lowest BCUT2D eigenvalue weighted by atomic mass is 9.83. The average molecular weight is 417 g/mol. The summed E-state index contributed by atoms with van der Waals surface area (Å²) in [5, 5.41) is 30.0. The van der Waals surface area contributed by atoms with E-state index in [0.717, 1.165) is 27.7 Å². The third-order valence-electron chi connectivity index (χ3n) is 5.64. The molecule has 7 nitrogen and oxygen atoms in total. The lowest BCUT2D eigenvalue weighted by molar-refractivity contribution is 0.0785. The molecular weight excluding hydrogens is 388 g/mol. The summed E-state index contributed by atoms with van der Waals surface area (Å²) in [4.78, 5) is 0. The Morgan fingerprint density at radius 1 is 0.935 bits per heavy atom. The van der Waals surface area contributed by atoms with Gasteiger partial charge in [-0.1, -0.05) is 44.2 Å². The lowest BCUT2D eigenvalue weighted by Crippen LogP contribution is -2.28. The summed E-state index contributed by atoms with van der Waals surface area (Å²) in [7, 11) is 0. The molecule has 2 heterocycles. The number of nitrogen functional groups attached to an aromatic ring is 1. The summed E-state index contributed by atoms with van der Waals surface area (Å²) >= 11 is 0. The molecule has 160 valence electrons. The van der Waals surface area contributed by atoms with Crippen LogP contribution in [0.15, 0.2) is 54.6 Å². The maximum Gasteiger partial charge on any atom is 0.153 e. The Hall–Kier alpha value is -3.45. The highest BCUT2D eigenvalue weighted by atomic mass is 16.3. The zero-order chi connectivity index (χ0) is 22.2. The van der Waals surface area contributed by atoms with E-state index in [1.54, 1.807) is 13.8 Å². The van der Waals surface area contributed by atoms with Crippen LogP contribution in [0.1, 0.15) is 38.8 Å². The largest absolute Gasteiger partial charge is 0.386 e. The van der Waals surface area contributed by atoms with Crippen LogP contribution in [0.4, 0.5) is 11.6 Å². The number of fused-ring (bicyclic) bond motifs is 1. The van der Waals surface area contributed by atoms with E-state index < -0.39 is 5.60 Å². The molecule has 0 amide bonds. The van der Waals surface area contributed by atoms with Crippen molar-refractivity contribution in [3.05, 3.63) is 65.7 Å². The van der Waals surface area contributed by atoms with E-state index in [1.807, 2.05) is 42.5 Å². The van der Waals surface area contributed by atoms with Gasteiger partial charge in [0.2, 0.25) is 0 Å². The summed E-state index contributed by atoms with van der Waals surface area (Å²) in [5.74, 6) is 1.19. The second-order valence-corrected chi connectivity index (χ2v) is 9.05. The van der Waals surface area contributed by atoms with Crippen molar-refractivity contribution in [1.82, 2.24) is 20.4 Å². The Bertz CT molecular complexity index is 1190. The van der Waals surface area contributed by atoms with Gasteiger partial charge in [0.05, 0.1) is 16.8 Å². The van der Waals surface area contributed by atoms with Gasteiger partial charge in [-0.25, -0.2) is 0 Å². The van der Waals surface area contributed by atoms with Crippen molar-refractivity contribution in [1.29, 1.82) is 0 Å². The van der Waals surface area contributed by atoms with Crippen LogP contribution >= 0.6 is 0 Å². The molecule has 0 unspecified atom stereocenters. The zero-order valence-corrected chi connectivity index (χ0v) is 18.3. The molecular formula is C24H28N6O. The van der Waals surface area contributed by atoms with E-state index in [1.165, 1.54) is 5.56 Å². The Kier molecular flexibility index (Phi) is 5.15. The molecule has 31 heavy (non-hydrogen) atoms. The van der Waals surface area contributed by atoms with Crippen molar-refractivity contribution in [2.75, 3.05) is 17.6 Å². The van der Waals surface area contributed by atoms with Crippen molar-refractivity contribution in [2.45, 2.75) is 38.7 Å². The highest BCUT2D eigenvalue weighted by molar-refractivity contribution is 5.91. The second-order valence-electron chi connectivity index (χ2n) is 9.05. The molecule has 0 bridgehead atoms. The fourth-order valence-electron chi connectivity index (χ4n) is 3.52. The van der Waals surface area contributed by atoms with Gasteiger partial charge in [-0.15, -0.1) is 10.2 Å². The Morgan fingerprint density at radius 2 is 1.65 bits per heavy atom. The fourth-order valence-corrected chi connectivity index (χ4v) is 3.52.